The Morgan fingerprint density at radius 1 is 0.808 bits per heavy atom. The van der Waals surface area contributed by atoms with Gasteiger partial charge >= 0.3 is 0 Å². The van der Waals surface area contributed by atoms with Crippen LogP contribution in [0.25, 0.3) is 27.8 Å². The molecule has 1 heterocycles. The summed E-state index contributed by atoms with van der Waals surface area (Å²) in [4.78, 5) is 1.29. The van der Waals surface area contributed by atoms with Crippen LogP contribution in [0.3, 0.4) is 0 Å². The lowest BCUT2D eigenvalue weighted by molar-refractivity contribution is 1.11. The van der Waals surface area contributed by atoms with Crippen molar-refractivity contribution in [1.82, 2.24) is 4.57 Å². The molecule has 0 aliphatic rings. The van der Waals surface area contributed by atoms with Crippen molar-refractivity contribution < 1.29 is 0 Å². The van der Waals surface area contributed by atoms with Crippen molar-refractivity contribution in [3.8, 4) is 16.9 Å². The molecule has 0 aliphatic carbocycles. The van der Waals surface area contributed by atoms with Crippen molar-refractivity contribution in [2.45, 2.75) is 18.7 Å². The average molecular weight is 378 g/mol. The second-order valence-corrected chi connectivity index (χ2v) is 7.83. The first-order valence-electron chi connectivity index (χ1n) is 8.60. The molecule has 0 atom stereocenters. The molecule has 0 aliphatic heterocycles. The number of halogens is 1. The first kappa shape index (κ1) is 17.3. The fourth-order valence-corrected chi connectivity index (χ4v) is 4.33. The molecule has 0 bridgehead atoms. The molecule has 0 amide bonds. The molecule has 4 aromatic rings. The third-order valence-corrected chi connectivity index (χ3v) is 5.76. The molecule has 0 unspecified atom stereocenters. The molecule has 1 nitrogen and oxygen atoms in total. The van der Waals surface area contributed by atoms with Crippen molar-refractivity contribution in [1.29, 1.82) is 0 Å². The number of aryl methyl sites for hydroxylation is 2. The van der Waals surface area contributed by atoms with Gasteiger partial charge in [0.15, 0.2) is 0 Å². The zero-order chi connectivity index (χ0) is 18.3. The van der Waals surface area contributed by atoms with Crippen LogP contribution in [0.1, 0.15) is 11.1 Å². The average Bonchev–Trinajstić information content (AvgIpc) is 2.96. The Balaban J connectivity index is 2.12. The van der Waals surface area contributed by atoms with Crippen LogP contribution in [0.2, 0.25) is 5.02 Å². The summed E-state index contributed by atoms with van der Waals surface area (Å²) < 4.78 is 2.37. The van der Waals surface area contributed by atoms with E-state index >= 15 is 0 Å². The van der Waals surface area contributed by atoms with Gasteiger partial charge in [-0.1, -0.05) is 53.6 Å². The summed E-state index contributed by atoms with van der Waals surface area (Å²) in [7, 11) is 0. The van der Waals surface area contributed by atoms with E-state index in [0.29, 0.717) is 0 Å². The Morgan fingerprint density at radius 3 is 2.12 bits per heavy atom. The first-order valence-corrected chi connectivity index (χ1v) is 10.2. The smallest absolute Gasteiger partial charge is 0.0676 e. The zero-order valence-electron chi connectivity index (χ0n) is 15.1. The Labute approximate surface area is 163 Å². The number of rotatable bonds is 3. The van der Waals surface area contributed by atoms with E-state index in [2.05, 4.69) is 79.3 Å². The van der Waals surface area contributed by atoms with E-state index in [9.17, 15) is 0 Å². The van der Waals surface area contributed by atoms with E-state index in [-0.39, 0.29) is 0 Å². The minimum atomic E-state index is 0.758. The van der Waals surface area contributed by atoms with Gasteiger partial charge in [-0.15, -0.1) is 11.8 Å². The first-order chi connectivity index (χ1) is 12.6. The van der Waals surface area contributed by atoms with Crippen LogP contribution in [0.15, 0.2) is 71.6 Å². The van der Waals surface area contributed by atoms with Crippen molar-refractivity contribution in [2.24, 2.45) is 0 Å². The molecule has 0 N–H and O–H groups in total. The van der Waals surface area contributed by atoms with E-state index in [4.69, 9.17) is 11.6 Å². The minimum absolute atomic E-state index is 0.758. The van der Waals surface area contributed by atoms with Crippen LogP contribution in [0, 0.1) is 13.8 Å². The summed E-state index contributed by atoms with van der Waals surface area (Å²) in [6.07, 6.45) is 2.15. The van der Waals surface area contributed by atoms with Crippen molar-refractivity contribution in [3.05, 3.63) is 82.9 Å². The van der Waals surface area contributed by atoms with Gasteiger partial charge in [-0.05, 0) is 61.6 Å². The Morgan fingerprint density at radius 2 is 1.46 bits per heavy atom. The lowest BCUT2D eigenvalue weighted by Crippen LogP contribution is -1.97. The Hall–Kier alpha value is -2.16. The molecule has 0 saturated carbocycles. The molecule has 4 rings (SSSR count). The molecular weight excluding hydrogens is 358 g/mol. The summed E-state index contributed by atoms with van der Waals surface area (Å²) in [5.41, 5.74) is 7.34. The van der Waals surface area contributed by atoms with Gasteiger partial charge in [0.1, 0.15) is 0 Å². The van der Waals surface area contributed by atoms with Gasteiger partial charge in [-0.2, -0.15) is 0 Å². The zero-order valence-corrected chi connectivity index (χ0v) is 16.7. The third kappa shape index (κ3) is 2.94. The highest BCUT2D eigenvalue weighted by Gasteiger charge is 2.19. The standard InChI is InChI=1S/C23H20ClNS/c1-15-4-11-19(12-5-15)25-21-14-16(2)6-13-20(21)23(26-3)22(25)17-7-9-18(24)10-8-17/h4-14H,1-3H3. The van der Waals surface area contributed by atoms with E-state index in [1.807, 2.05) is 12.1 Å². The lowest BCUT2D eigenvalue weighted by Gasteiger charge is -2.13. The van der Waals surface area contributed by atoms with Crippen LogP contribution < -0.4 is 0 Å². The van der Waals surface area contributed by atoms with Crippen LogP contribution in [0.5, 0.6) is 0 Å². The van der Waals surface area contributed by atoms with E-state index in [1.165, 1.54) is 43.9 Å². The molecule has 3 heteroatoms. The number of thioether (sulfide) groups is 1. The number of fused-ring (bicyclic) bond motifs is 1. The fourth-order valence-electron chi connectivity index (χ4n) is 3.40. The highest BCUT2D eigenvalue weighted by molar-refractivity contribution is 7.99. The predicted molar refractivity (Wildman–Crippen MR) is 115 cm³/mol. The number of aromatic nitrogens is 1. The van der Waals surface area contributed by atoms with E-state index < -0.39 is 0 Å². The Kier molecular flexibility index (Phi) is 4.56. The Bertz CT molecular complexity index is 1080. The highest BCUT2D eigenvalue weighted by atomic mass is 35.5. The molecule has 26 heavy (non-hydrogen) atoms. The lowest BCUT2D eigenvalue weighted by atomic mass is 10.1. The van der Waals surface area contributed by atoms with Crippen LogP contribution in [-0.2, 0) is 0 Å². The minimum Gasteiger partial charge on any atom is -0.308 e. The molecule has 0 saturated heterocycles. The van der Waals surface area contributed by atoms with Gasteiger partial charge in [-0.25, -0.2) is 0 Å². The molecule has 3 aromatic carbocycles. The van der Waals surface area contributed by atoms with Crippen LogP contribution >= 0.6 is 23.4 Å². The number of hydrogen-bond donors (Lipinski definition) is 0. The van der Waals surface area contributed by atoms with Crippen molar-refractivity contribution in [3.63, 3.8) is 0 Å². The van der Waals surface area contributed by atoms with Gasteiger partial charge in [0.25, 0.3) is 0 Å². The summed E-state index contributed by atoms with van der Waals surface area (Å²) in [5.74, 6) is 0. The maximum atomic E-state index is 6.13. The maximum Gasteiger partial charge on any atom is 0.0676 e. The van der Waals surface area contributed by atoms with Crippen LogP contribution in [-0.4, -0.2) is 10.8 Å². The van der Waals surface area contributed by atoms with Crippen LogP contribution in [0.4, 0.5) is 0 Å². The molecule has 0 fully saturated rings. The van der Waals surface area contributed by atoms with Gasteiger partial charge in [0.05, 0.1) is 11.2 Å². The predicted octanol–water partition coefficient (Wildman–Crippen LogP) is 7.29. The van der Waals surface area contributed by atoms with Crippen molar-refractivity contribution in [2.75, 3.05) is 6.26 Å². The SMILES string of the molecule is CSc1c(-c2ccc(Cl)cc2)n(-c2ccc(C)cc2)c2cc(C)ccc12. The molecule has 0 radical (unpaired) electrons. The van der Waals surface area contributed by atoms with Gasteiger partial charge < -0.3 is 4.57 Å². The molecular formula is C23H20ClNS. The normalized spacial score (nSPS) is 11.2. The second kappa shape index (κ2) is 6.86. The largest absolute Gasteiger partial charge is 0.308 e. The second-order valence-electron chi connectivity index (χ2n) is 6.58. The van der Waals surface area contributed by atoms with E-state index in [0.717, 1.165) is 5.02 Å². The fraction of sp³-hybridized carbons (Fsp3) is 0.130. The van der Waals surface area contributed by atoms with Gasteiger partial charge in [-0.3, -0.25) is 0 Å². The molecule has 0 spiro atoms. The monoisotopic (exact) mass is 377 g/mol. The van der Waals surface area contributed by atoms with Gasteiger partial charge in [0.2, 0.25) is 0 Å². The molecule has 1 aromatic heterocycles. The summed E-state index contributed by atoms with van der Waals surface area (Å²) in [6, 6.07) is 23.6. The maximum absolute atomic E-state index is 6.13. The van der Waals surface area contributed by atoms with E-state index in [1.54, 1.807) is 11.8 Å². The third-order valence-electron chi connectivity index (χ3n) is 4.69. The number of nitrogens with zero attached hydrogens (tertiary/aromatic N) is 1. The van der Waals surface area contributed by atoms with Crippen molar-refractivity contribution >= 4 is 34.3 Å². The highest BCUT2D eigenvalue weighted by Crippen LogP contribution is 2.41. The summed E-state index contributed by atoms with van der Waals surface area (Å²) in [6.45, 7) is 4.27. The quantitative estimate of drug-likeness (QED) is 0.339. The molecule has 130 valence electrons. The topological polar surface area (TPSA) is 4.93 Å². The van der Waals surface area contributed by atoms with Gasteiger partial charge in [0, 0.05) is 21.0 Å². The number of hydrogen-bond acceptors (Lipinski definition) is 1. The summed E-state index contributed by atoms with van der Waals surface area (Å²) in [5, 5.41) is 2.04. The number of benzene rings is 3. The summed E-state index contributed by atoms with van der Waals surface area (Å²) >= 11 is 7.93.